The number of allylic oxidation sites excluding steroid dienone is 1. The summed E-state index contributed by atoms with van der Waals surface area (Å²) >= 11 is 1.22. The van der Waals surface area contributed by atoms with E-state index in [9.17, 15) is 19.7 Å². The van der Waals surface area contributed by atoms with Crippen LogP contribution in [0.15, 0.2) is 87.8 Å². The van der Waals surface area contributed by atoms with Crippen LogP contribution in [0.25, 0.3) is 6.08 Å². The number of nitrogens with zero attached hydrogens (tertiary/aromatic N) is 3. The number of carbonyl (C=O) groups excluding carboxylic acids is 1. The van der Waals surface area contributed by atoms with Crippen LogP contribution in [0.2, 0.25) is 0 Å². The van der Waals surface area contributed by atoms with Gasteiger partial charge in [0.25, 0.3) is 11.2 Å². The van der Waals surface area contributed by atoms with Crippen molar-refractivity contribution in [3.63, 3.8) is 0 Å². The fourth-order valence-corrected chi connectivity index (χ4v) is 5.88. The Balaban J connectivity index is 1.50. The predicted octanol–water partition coefficient (Wildman–Crippen LogP) is 4.30. The van der Waals surface area contributed by atoms with Crippen LogP contribution < -0.4 is 29.1 Å². The lowest BCUT2D eigenvalue weighted by Crippen LogP contribution is -2.40. The summed E-state index contributed by atoms with van der Waals surface area (Å²) in [6, 6.07) is 17.7. The minimum atomic E-state index is -0.854. The van der Waals surface area contributed by atoms with Gasteiger partial charge in [-0.05, 0) is 73.5 Å². The van der Waals surface area contributed by atoms with Crippen molar-refractivity contribution >= 4 is 29.1 Å². The Kier molecular flexibility index (Phi) is 8.91. The van der Waals surface area contributed by atoms with Gasteiger partial charge in [0.2, 0.25) is 0 Å². The largest absolute Gasteiger partial charge is 0.497 e. The molecule has 5 rings (SSSR count). The van der Waals surface area contributed by atoms with E-state index >= 15 is 0 Å². The number of esters is 1. The molecule has 44 heavy (non-hydrogen) atoms. The van der Waals surface area contributed by atoms with Crippen LogP contribution in [0.5, 0.6) is 17.2 Å². The van der Waals surface area contributed by atoms with Crippen LogP contribution in [0.4, 0.5) is 5.69 Å². The van der Waals surface area contributed by atoms with Gasteiger partial charge in [-0.15, -0.1) is 0 Å². The number of hydrogen-bond donors (Lipinski definition) is 0. The van der Waals surface area contributed by atoms with Crippen molar-refractivity contribution in [2.45, 2.75) is 26.5 Å². The van der Waals surface area contributed by atoms with Crippen molar-refractivity contribution in [1.29, 1.82) is 0 Å². The zero-order valence-electron chi connectivity index (χ0n) is 24.4. The van der Waals surface area contributed by atoms with Gasteiger partial charge in [0.15, 0.2) is 4.80 Å². The van der Waals surface area contributed by atoms with Gasteiger partial charge in [-0.2, -0.15) is 0 Å². The smallest absolute Gasteiger partial charge is 0.338 e. The molecule has 0 radical (unpaired) electrons. The summed E-state index contributed by atoms with van der Waals surface area (Å²) in [6.07, 6.45) is 1.76. The monoisotopic (exact) mass is 615 g/mol. The van der Waals surface area contributed by atoms with E-state index in [1.165, 1.54) is 42.3 Å². The van der Waals surface area contributed by atoms with Crippen molar-refractivity contribution in [3.8, 4) is 17.2 Å². The molecule has 1 aliphatic rings. The normalized spacial score (nSPS) is 14.5. The molecule has 0 aliphatic carbocycles. The molecule has 4 aromatic rings. The third-order valence-electron chi connectivity index (χ3n) is 6.98. The number of non-ortho nitro benzene ring substituents is 1. The molecule has 1 atom stereocenters. The van der Waals surface area contributed by atoms with E-state index in [0.29, 0.717) is 37.8 Å². The highest BCUT2D eigenvalue weighted by Gasteiger charge is 2.35. The number of benzene rings is 3. The standard InChI is InChI=1S/C32H29N3O8S/c1-5-42-31(37)28-19(2)33-32-34(29(28)25-17-24(40-3)14-15-26(25)41-4)30(36)27(44-32)16-20-8-12-23(13-9-20)43-18-21-6-10-22(11-7-21)35(38)39/h6-17,29H,5,18H2,1-4H3. The number of methoxy groups -OCH3 is 2. The fourth-order valence-electron chi connectivity index (χ4n) is 4.83. The topological polar surface area (TPSA) is 131 Å². The van der Waals surface area contributed by atoms with Crippen LogP contribution >= 0.6 is 11.3 Å². The van der Waals surface area contributed by atoms with Crippen LogP contribution in [-0.2, 0) is 16.1 Å². The Hall–Kier alpha value is -5.23. The molecule has 3 aromatic carbocycles. The molecule has 0 fully saturated rings. The van der Waals surface area contributed by atoms with Gasteiger partial charge in [-0.3, -0.25) is 19.5 Å². The van der Waals surface area contributed by atoms with Crippen molar-refractivity contribution in [2.24, 2.45) is 4.99 Å². The molecule has 226 valence electrons. The van der Waals surface area contributed by atoms with E-state index in [1.54, 1.807) is 62.4 Å². The van der Waals surface area contributed by atoms with Crippen LogP contribution in [0.1, 0.15) is 36.6 Å². The molecule has 0 amide bonds. The zero-order chi connectivity index (χ0) is 31.4. The average Bonchev–Trinajstić information content (AvgIpc) is 3.33. The maximum atomic E-state index is 13.9. The molecular weight excluding hydrogens is 586 g/mol. The first-order valence-electron chi connectivity index (χ1n) is 13.6. The van der Waals surface area contributed by atoms with Gasteiger partial charge in [-0.1, -0.05) is 23.5 Å². The third-order valence-corrected chi connectivity index (χ3v) is 7.96. The quantitative estimate of drug-likeness (QED) is 0.147. The molecule has 2 heterocycles. The van der Waals surface area contributed by atoms with Crippen molar-refractivity contribution in [3.05, 3.63) is 124 Å². The van der Waals surface area contributed by atoms with Gasteiger partial charge in [0, 0.05) is 17.7 Å². The summed E-state index contributed by atoms with van der Waals surface area (Å²) in [7, 11) is 3.06. The highest BCUT2D eigenvalue weighted by Crippen LogP contribution is 2.37. The molecule has 1 aliphatic heterocycles. The molecule has 0 saturated carbocycles. The molecule has 1 aromatic heterocycles. The second-order valence-corrected chi connectivity index (χ2v) is 10.7. The van der Waals surface area contributed by atoms with Crippen LogP contribution in [0.3, 0.4) is 0 Å². The van der Waals surface area contributed by atoms with Crippen molar-refractivity contribution in [2.75, 3.05) is 20.8 Å². The lowest BCUT2D eigenvalue weighted by Gasteiger charge is -2.26. The summed E-state index contributed by atoms with van der Waals surface area (Å²) < 4.78 is 24.2. The molecule has 0 saturated heterocycles. The Labute approximate surface area is 256 Å². The number of ether oxygens (including phenoxy) is 4. The number of thiazole rings is 1. The highest BCUT2D eigenvalue weighted by atomic mass is 32.1. The first-order chi connectivity index (χ1) is 21.2. The molecular formula is C32H29N3O8S. The lowest BCUT2D eigenvalue weighted by molar-refractivity contribution is -0.384. The number of nitro benzene ring substituents is 1. The van der Waals surface area contributed by atoms with E-state index < -0.39 is 16.9 Å². The molecule has 1 unspecified atom stereocenters. The molecule has 0 spiro atoms. The van der Waals surface area contributed by atoms with E-state index in [2.05, 4.69) is 4.99 Å². The summed E-state index contributed by atoms with van der Waals surface area (Å²) in [5.41, 5.74) is 2.50. The van der Waals surface area contributed by atoms with Gasteiger partial charge in [0.05, 0.1) is 41.6 Å². The maximum Gasteiger partial charge on any atom is 0.338 e. The molecule has 11 nitrogen and oxygen atoms in total. The summed E-state index contributed by atoms with van der Waals surface area (Å²) in [4.78, 5) is 42.6. The number of aromatic nitrogens is 1. The second kappa shape index (κ2) is 13.0. The summed E-state index contributed by atoms with van der Waals surface area (Å²) in [6.45, 7) is 3.84. The minimum absolute atomic E-state index is 0.0182. The minimum Gasteiger partial charge on any atom is -0.497 e. The summed E-state index contributed by atoms with van der Waals surface area (Å²) in [5.74, 6) is 1.05. The number of nitro groups is 1. The molecule has 0 bridgehead atoms. The third kappa shape index (κ3) is 6.11. The first-order valence-corrected chi connectivity index (χ1v) is 14.4. The molecule has 0 N–H and O–H groups in total. The van der Waals surface area contributed by atoms with E-state index in [4.69, 9.17) is 18.9 Å². The SMILES string of the molecule is CCOC(=O)C1=C(C)N=c2sc(=Cc3ccc(OCc4ccc([N+](=O)[O-])cc4)cc3)c(=O)n2C1c1cc(OC)ccc1OC. The van der Waals surface area contributed by atoms with Gasteiger partial charge >= 0.3 is 5.97 Å². The lowest BCUT2D eigenvalue weighted by atomic mass is 9.94. The number of hydrogen-bond acceptors (Lipinski definition) is 10. The number of carbonyl (C=O) groups is 1. The van der Waals surface area contributed by atoms with Crippen LogP contribution in [0, 0.1) is 10.1 Å². The number of rotatable bonds is 10. The van der Waals surface area contributed by atoms with Gasteiger partial charge in [-0.25, -0.2) is 9.79 Å². The van der Waals surface area contributed by atoms with E-state index in [0.717, 1.165) is 11.1 Å². The Bertz CT molecular complexity index is 1930. The van der Waals surface area contributed by atoms with Gasteiger partial charge < -0.3 is 18.9 Å². The second-order valence-electron chi connectivity index (χ2n) is 9.69. The average molecular weight is 616 g/mol. The predicted molar refractivity (Wildman–Crippen MR) is 164 cm³/mol. The zero-order valence-corrected chi connectivity index (χ0v) is 25.3. The van der Waals surface area contributed by atoms with Crippen LogP contribution in [-0.4, -0.2) is 36.3 Å². The van der Waals surface area contributed by atoms with Crippen molar-refractivity contribution < 1.29 is 28.7 Å². The summed E-state index contributed by atoms with van der Waals surface area (Å²) in [5, 5.41) is 10.9. The maximum absolute atomic E-state index is 13.9. The first kappa shape index (κ1) is 30.2. The fraction of sp³-hybridized carbons (Fsp3) is 0.219. The van der Waals surface area contributed by atoms with Gasteiger partial charge in [0.1, 0.15) is 29.9 Å². The van der Waals surface area contributed by atoms with E-state index in [-0.39, 0.29) is 30.0 Å². The Morgan fingerprint density at radius 1 is 1.05 bits per heavy atom. The van der Waals surface area contributed by atoms with E-state index in [1.807, 2.05) is 12.1 Å². The Morgan fingerprint density at radius 3 is 2.39 bits per heavy atom. The highest BCUT2D eigenvalue weighted by molar-refractivity contribution is 7.07. The van der Waals surface area contributed by atoms with Crippen molar-refractivity contribution in [1.82, 2.24) is 4.57 Å². The Morgan fingerprint density at radius 2 is 1.75 bits per heavy atom. The number of fused-ring (bicyclic) bond motifs is 1. The molecule has 12 heteroatoms.